The summed E-state index contributed by atoms with van der Waals surface area (Å²) in [5.41, 5.74) is 1.06. The van der Waals surface area contributed by atoms with Crippen molar-refractivity contribution >= 4 is 29.1 Å². The van der Waals surface area contributed by atoms with Crippen molar-refractivity contribution in [1.29, 1.82) is 0 Å². The van der Waals surface area contributed by atoms with E-state index in [4.69, 9.17) is 16.3 Å². The van der Waals surface area contributed by atoms with Crippen LogP contribution in [-0.2, 0) is 16.1 Å². The third kappa shape index (κ3) is 5.04. The Morgan fingerprint density at radius 1 is 1.06 bits per heavy atom. The van der Waals surface area contributed by atoms with Gasteiger partial charge in [0.25, 0.3) is 5.91 Å². The monoisotopic (exact) mass is 479 g/mol. The van der Waals surface area contributed by atoms with Gasteiger partial charge in [-0.1, -0.05) is 23.7 Å². The minimum Gasteiger partial charge on any atom is -0.491 e. The number of rotatable bonds is 9. The van der Waals surface area contributed by atoms with E-state index >= 15 is 0 Å². The van der Waals surface area contributed by atoms with E-state index in [2.05, 4.69) is 4.98 Å². The minimum absolute atomic E-state index is 0.000693. The molecule has 2 unspecified atom stereocenters. The first kappa shape index (κ1) is 23.7. The van der Waals surface area contributed by atoms with Crippen molar-refractivity contribution in [2.24, 2.45) is 5.92 Å². The topological polar surface area (TPSA) is 81.5 Å². The van der Waals surface area contributed by atoms with Gasteiger partial charge in [0.1, 0.15) is 11.7 Å². The molecule has 7 nitrogen and oxygen atoms in total. The number of benzene rings is 2. The van der Waals surface area contributed by atoms with E-state index in [1.165, 1.54) is 4.90 Å². The number of ketones is 2. The van der Waals surface area contributed by atoms with Crippen molar-refractivity contribution in [2.75, 3.05) is 6.54 Å². The number of aromatic nitrogens is 2. The lowest BCUT2D eigenvalue weighted by Crippen LogP contribution is -2.32. The lowest BCUT2D eigenvalue weighted by Gasteiger charge is -2.27. The van der Waals surface area contributed by atoms with Crippen LogP contribution in [0.4, 0.5) is 0 Å². The van der Waals surface area contributed by atoms with Crippen LogP contribution in [0.2, 0.25) is 5.02 Å². The predicted octanol–water partition coefficient (Wildman–Crippen LogP) is 4.37. The van der Waals surface area contributed by atoms with Crippen LogP contribution >= 0.6 is 11.6 Å². The smallest absolute Gasteiger partial charge is 0.291 e. The average molecular weight is 480 g/mol. The fraction of sp³-hybridized carbons (Fsp3) is 0.308. The molecule has 3 aromatic rings. The molecule has 1 saturated heterocycles. The molecule has 0 radical (unpaired) electrons. The first-order valence-electron chi connectivity index (χ1n) is 11.2. The molecule has 1 aliphatic rings. The van der Waals surface area contributed by atoms with Gasteiger partial charge >= 0.3 is 0 Å². The van der Waals surface area contributed by atoms with Crippen molar-refractivity contribution in [3.8, 4) is 5.75 Å². The number of carbonyl (C=O) groups is 3. The third-order valence-corrected chi connectivity index (χ3v) is 6.04. The third-order valence-electron chi connectivity index (χ3n) is 5.78. The molecule has 8 heteroatoms. The van der Waals surface area contributed by atoms with E-state index in [0.29, 0.717) is 41.4 Å². The van der Waals surface area contributed by atoms with Crippen LogP contribution in [-0.4, -0.2) is 44.6 Å². The predicted molar refractivity (Wildman–Crippen MR) is 128 cm³/mol. The maximum Gasteiger partial charge on any atom is 0.291 e. The van der Waals surface area contributed by atoms with Crippen molar-refractivity contribution in [1.82, 2.24) is 14.5 Å². The molecular weight excluding hydrogens is 454 g/mol. The van der Waals surface area contributed by atoms with E-state index in [1.54, 1.807) is 61.1 Å². The zero-order valence-electron chi connectivity index (χ0n) is 19.1. The number of likely N-dealkylation sites (tertiary alicyclic amines) is 1. The molecule has 2 heterocycles. The zero-order chi connectivity index (χ0) is 24.2. The summed E-state index contributed by atoms with van der Waals surface area (Å²) in [5, 5.41) is 0.537. The van der Waals surface area contributed by atoms with Crippen LogP contribution in [0.15, 0.2) is 67.3 Å². The van der Waals surface area contributed by atoms with Crippen LogP contribution in [0.3, 0.4) is 0 Å². The number of aryl methyl sites for hydroxylation is 1. The summed E-state index contributed by atoms with van der Waals surface area (Å²) < 4.78 is 7.55. The van der Waals surface area contributed by atoms with Gasteiger partial charge < -0.3 is 14.2 Å². The SMILES string of the molecule is CC(C)Oc1ccc(C(=O)C2C(=O)C(=O)N(CCCn3ccnc3)C2c2ccc(Cl)cc2)cc1. The highest BCUT2D eigenvalue weighted by atomic mass is 35.5. The molecule has 1 amide bonds. The summed E-state index contributed by atoms with van der Waals surface area (Å²) in [7, 11) is 0. The molecule has 1 aliphatic heterocycles. The fourth-order valence-electron chi connectivity index (χ4n) is 4.25. The van der Waals surface area contributed by atoms with Crippen LogP contribution in [0.1, 0.15) is 42.2 Å². The highest BCUT2D eigenvalue weighted by Crippen LogP contribution is 2.38. The lowest BCUT2D eigenvalue weighted by atomic mass is 9.86. The fourth-order valence-corrected chi connectivity index (χ4v) is 4.38. The van der Waals surface area contributed by atoms with Crippen molar-refractivity contribution in [2.45, 2.75) is 39.0 Å². The van der Waals surface area contributed by atoms with E-state index in [-0.39, 0.29) is 11.9 Å². The maximum absolute atomic E-state index is 13.5. The molecule has 2 atom stereocenters. The lowest BCUT2D eigenvalue weighted by molar-refractivity contribution is -0.140. The first-order valence-corrected chi connectivity index (χ1v) is 11.6. The number of carbonyl (C=O) groups excluding carboxylic acids is 3. The van der Waals surface area contributed by atoms with E-state index in [9.17, 15) is 14.4 Å². The second-order valence-corrected chi connectivity index (χ2v) is 8.98. The maximum atomic E-state index is 13.5. The Kier molecular flexibility index (Phi) is 7.12. The van der Waals surface area contributed by atoms with Gasteiger partial charge in [-0.2, -0.15) is 0 Å². The number of hydrogen-bond acceptors (Lipinski definition) is 5. The molecule has 0 N–H and O–H groups in total. The van der Waals surface area contributed by atoms with Crippen LogP contribution in [0.25, 0.3) is 0 Å². The van der Waals surface area contributed by atoms with Gasteiger partial charge in [-0.3, -0.25) is 14.4 Å². The number of Topliss-reactive ketones (excluding diaryl/α,β-unsaturated/α-hetero) is 2. The summed E-state index contributed by atoms with van der Waals surface area (Å²) in [6.07, 6.45) is 5.84. The molecule has 0 spiro atoms. The number of hydrogen-bond donors (Lipinski definition) is 0. The molecular formula is C26H26ClN3O4. The Balaban J connectivity index is 1.62. The van der Waals surface area contributed by atoms with Crippen molar-refractivity contribution < 1.29 is 19.1 Å². The second-order valence-electron chi connectivity index (χ2n) is 8.55. The Labute approximate surface area is 203 Å². The van der Waals surface area contributed by atoms with E-state index in [0.717, 1.165) is 0 Å². The van der Waals surface area contributed by atoms with Gasteiger partial charge in [-0.15, -0.1) is 0 Å². The number of imidazole rings is 1. The molecule has 0 bridgehead atoms. The van der Waals surface area contributed by atoms with Crippen LogP contribution < -0.4 is 4.74 Å². The van der Waals surface area contributed by atoms with Gasteiger partial charge in [-0.25, -0.2) is 4.98 Å². The summed E-state index contributed by atoms with van der Waals surface area (Å²) in [4.78, 5) is 45.2. The molecule has 1 fully saturated rings. The molecule has 4 rings (SSSR count). The molecule has 1 aromatic heterocycles. The Hall–Kier alpha value is -3.45. The van der Waals surface area contributed by atoms with Crippen LogP contribution in [0, 0.1) is 5.92 Å². The van der Waals surface area contributed by atoms with Crippen molar-refractivity contribution in [3.63, 3.8) is 0 Å². The van der Waals surface area contributed by atoms with Gasteiger partial charge in [0, 0.05) is 36.1 Å². The summed E-state index contributed by atoms with van der Waals surface area (Å²) in [6.45, 7) is 4.81. The van der Waals surface area contributed by atoms with Gasteiger partial charge in [0.05, 0.1) is 18.5 Å². The molecule has 2 aromatic carbocycles. The standard InChI is InChI=1S/C26H26ClN3O4/c1-17(2)34-21-10-6-19(7-11-21)24(31)22-23(18-4-8-20(27)9-5-18)30(26(33)25(22)32)14-3-13-29-15-12-28-16-29/h4-12,15-17,22-23H,3,13-14H2,1-2H3. The molecule has 0 aliphatic carbocycles. The number of halogens is 1. The number of nitrogens with zero attached hydrogens (tertiary/aromatic N) is 3. The second kappa shape index (κ2) is 10.2. The molecule has 176 valence electrons. The average Bonchev–Trinajstić information content (AvgIpc) is 3.42. The Bertz CT molecular complexity index is 1160. The quantitative estimate of drug-likeness (QED) is 0.258. The van der Waals surface area contributed by atoms with Gasteiger partial charge in [0.15, 0.2) is 5.78 Å². The van der Waals surface area contributed by atoms with E-state index in [1.807, 2.05) is 24.6 Å². The highest BCUT2D eigenvalue weighted by Gasteiger charge is 2.51. The first-order chi connectivity index (χ1) is 16.3. The summed E-state index contributed by atoms with van der Waals surface area (Å²) >= 11 is 6.06. The van der Waals surface area contributed by atoms with Gasteiger partial charge in [-0.05, 0) is 62.2 Å². The largest absolute Gasteiger partial charge is 0.491 e. The Morgan fingerprint density at radius 3 is 2.38 bits per heavy atom. The summed E-state index contributed by atoms with van der Waals surface area (Å²) in [5.74, 6) is -2.19. The van der Waals surface area contributed by atoms with Crippen LogP contribution in [0.5, 0.6) is 5.75 Å². The highest BCUT2D eigenvalue weighted by molar-refractivity contribution is 6.44. The number of amides is 1. The summed E-state index contributed by atoms with van der Waals surface area (Å²) in [6, 6.07) is 12.9. The van der Waals surface area contributed by atoms with E-state index < -0.39 is 23.7 Å². The molecule has 34 heavy (non-hydrogen) atoms. The normalized spacial score (nSPS) is 18.1. The number of ether oxygens (including phenoxy) is 1. The zero-order valence-corrected chi connectivity index (χ0v) is 19.8. The minimum atomic E-state index is -1.13. The van der Waals surface area contributed by atoms with Crippen molar-refractivity contribution in [3.05, 3.63) is 83.4 Å². The van der Waals surface area contributed by atoms with Gasteiger partial charge in [0.2, 0.25) is 5.78 Å². The Morgan fingerprint density at radius 2 is 1.76 bits per heavy atom. The molecule has 0 saturated carbocycles.